The second-order valence-corrected chi connectivity index (χ2v) is 10.9. The van der Waals surface area contributed by atoms with Crippen molar-refractivity contribution in [1.82, 2.24) is 15.3 Å². The fourth-order valence-corrected chi connectivity index (χ4v) is 5.55. The van der Waals surface area contributed by atoms with Gasteiger partial charge in [0.25, 0.3) is 0 Å². The highest BCUT2D eigenvalue weighted by Crippen LogP contribution is 2.52. The molecular formula is C29H33N5O3. The van der Waals surface area contributed by atoms with Crippen LogP contribution in [0.2, 0.25) is 0 Å². The lowest BCUT2D eigenvalue weighted by atomic mass is 9.72. The lowest BCUT2D eigenvalue weighted by molar-refractivity contribution is 0.0428. The number of rotatable bonds is 4. The number of hydrogen-bond donors (Lipinski definition) is 2. The number of aromatic nitrogens is 2. The van der Waals surface area contributed by atoms with E-state index in [1.165, 1.54) is 11.1 Å². The lowest BCUT2D eigenvalue weighted by Crippen LogP contribution is -2.48. The topological polar surface area (TPSA) is 99.9 Å². The second-order valence-electron chi connectivity index (χ2n) is 10.9. The van der Waals surface area contributed by atoms with E-state index in [4.69, 9.17) is 4.74 Å². The third-order valence-corrected chi connectivity index (χ3v) is 7.29. The quantitative estimate of drug-likeness (QED) is 0.294. The molecule has 1 aliphatic carbocycles. The average molecular weight is 500 g/mol. The zero-order chi connectivity index (χ0) is 26.0. The molecule has 0 bridgehead atoms. The second kappa shape index (κ2) is 9.84. The number of carbonyl (C=O) groups is 1. The number of fused-ring (bicyclic) bond motifs is 1. The predicted octanol–water partition coefficient (Wildman–Crippen LogP) is 5.11. The minimum Gasteiger partial charge on any atom is -0.444 e. The normalized spacial score (nSPS) is 18.9. The van der Waals surface area contributed by atoms with Crippen LogP contribution in [0.15, 0.2) is 72.1 Å². The van der Waals surface area contributed by atoms with Crippen molar-refractivity contribution in [3.63, 3.8) is 0 Å². The highest BCUT2D eigenvalue weighted by molar-refractivity contribution is 6.11. The van der Waals surface area contributed by atoms with E-state index in [0.29, 0.717) is 11.4 Å². The highest BCUT2D eigenvalue weighted by atomic mass is 16.6. The summed E-state index contributed by atoms with van der Waals surface area (Å²) in [6.45, 7) is 7.24. The van der Waals surface area contributed by atoms with E-state index in [9.17, 15) is 10.0 Å². The molecule has 2 aromatic carbocycles. The predicted molar refractivity (Wildman–Crippen MR) is 142 cm³/mol. The zero-order valence-corrected chi connectivity index (χ0v) is 21.5. The summed E-state index contributed by atoms with van der Waals surface area (Å²) in [5.41, 5.74) is 3.52. The molecule has 1 aliphatic heterocycles. The summed E-state index contributed by atoms with van der Waals surface area (Å²) >= 11 is 0. The Morgan fingerprint density at radius 1 is 1.05 bits per heavy atom. The van der Waals surface area contributed by atoms with Crippen molar-refractivity contribution in [3.05, 3.63) is 89.4 Å². The van der Waals surface area contributed by atoms with Gasteiger partial charge in [0.2, 0.25) is 0 Å². The average Bonchev–Trinajstić information content (AvgIpc) is 3.17. The molecule has 1 amide bonds. The summed E-state index contributed by atoms with van der Waals surface area (Å²) in [5, 5.41) is 16.2. The van der Waals surface area contributed by atoms with Gasteiger partial charge in [-0.1, -0.05) is 59.8 Å². The summed E-state index contributed by atoms with van der Waals surface area (Å²) in [6, 6.07) is 17.7. The van der Waals surface area contributed by atoms with Gasteiger partial charge in [-0.2, -0.15) is 0 Å². The number of ether oxygens (including phenoxy) is 1. The van der Waals surface area contributed by atoms with Crippen molar-refractivity contribution < 1.29 is 14.7 Å². The molecule has 0 saturated carbocycles. The molecule has 2 N–H and O–H groups in total. The Morgan fingerprint density at radius 3 is 2.41 bits per heavy atom. The highest BCUT2D eigenvalue weighted by Gasteiger charge is 2.48. The van der Waals surface area contributed by atoms with Gasteiger partial charge < -0.3 is 20.2 Å². The molecule has 1 aromatic heterocycles. The molecule has 2 aliphatic rings. The van der Waals surface area contributed by atoms with E-state index >= 15 is 0 Å². The fraction of sp³-hybridized carbons (Fsp3) is 0.379. The third kappa shape index (κ3) is 5.14. The van der Waals surface area contributed by atoms with Crippen LogP contribution in [0.4, 0.5) is 10.6 Å². The third-order valence-electron chi connectivity index (χ3n) is 7.29. The maximum absolute atomic E-state index is 12.8. The smallest absolute Gasteiger partial charge is 0.408 e. The Bertz CT molecular complexity index is 1280. The zero-order valence-electron chi connectivity index (χ0n) is 21.5. The first-order valence-electron chi connectivity index (χ1n) is 12.7. The standard InChI is InChI=1S/C29H33N5O3/c1-28(2,3)37-27(35)32-26-22-12-8-7-11-21(22)17-29(26)13-15-34(16-14-29)24-19-30-23(18-31-24)25(33-36)20-9-5-4-6-10-20/h4-12,18-19,26,36H,13-17H2,1-3H3,(H,32,35)/b33-25+/t26-/m1/s1. The van der Waals surface area contributed by atoms with Crippen LogP contribution in [0.1, 0.15) is 62.0 Å². The summed E-state index contributed by atoms with van der Waals surface area (Å²) < 4.78 is 5.60. The van der Waals surface area contributed by atoms with Gasteiger partial charge in [-0.25, -0.2) is 14.8 Å². The largest absolute Gasteiger partial charge is 0.444 e. The van der Waals surface area contributed by atoms with Gasteiger partial charge >= 0.3 is 6.09 Å². The van der Waals surface area contributed by atoms with Crippen LogP contribution in [-0.2, 0) is 11.2 Å². The number of piperidine rings is 1. The van der Waals surface area contributed by atoms with Gasteiger partial charge in [0.15, 0.2) is 0 Å². The molecule has 8 heteroatoms. The van der Waals surface area contributed by atoms with Gasteiger partial charge in [0.05, 0.1) is 18.4 Å². The number of oxime groups is 1. The Morgan fingerprint density at radius 2 is 1.76 bits per heavy atom. The fourth-order valence-electron chi connectivity index (χ4n) is 5.55. The van der Waals surface area contributed by atoms with Crippen LogP contribution in [0.5, 0.6) is 0 Å². The summed E-state index contributed by atoms with van der Waals surface area (Å²) in [5.74, 6) is 0.788. The van der Waals surface area contributed by atoms with Crippen LogP contribution < -0.4 is 10.2 Å². The van der Waals surface area contributed by atoms with Gasteiger partial charge in [-0.15, -0.1) is 0 Å². The maximum atomic E-state index is 12.8. The number of hydrogen-bond acceptors (Lipinski definition) is 7. The molecule has 192 valence electrons. The maximum Gasteiger partial charge on any atom is 0.408 e. The molecule has 5 rings (SSSR count). The molecule has 0 radical (unpaired) electrons. The van der Waals surface area contributed by atoms with Crippen LogP contribution in [0, 0.1) is 5.41 Å². The number of carbonyl (C=O) groups excluding carboxylic acids is 1. The molecule has 1 spiro atoms. The van der Waals surface area contributed by atoms with Gasteiger partial charge in [0, 0.05) is 24.1 Å². The Labute approximate surface area is 217 Å². The number of amides is 1. The first kappa shape index (κ1) is 24.7. The molecule has 37 heavy (non-hydrogen) atoms. The number of nitrogens with zero attached hydrogens (tertiary/aromatic N) is 4. The first-order chi connectivity index (χ1) is 17.8. The molecule has 8 nitrogen and oxygen atoms in total. The molecule has 1 saturated heterocycles. The van der Waals surface area contributed by atoms with Gasteiger partial charge in [-0.05, 0) is 51.2 Å². The number of nitrogens with one attached hydrogen (secondary N) is 1. The van der Waals surface area contributed by atoms with Crippen molar-refractivity contribution in [2.24, 2.45) is 10.6 Å². The molecule has 0 unspecified atom stereocenters. The van der Waals surface area contributed by atoms with Crippen molar-refractivity contribution in [1.29, 1.82) is 0 Å². The van der Waals surface area contributed by atoms with Crippen molar-refractivity contribution in [2.45, 2.75) is 51.7 Å². The van der Waals surface area contributed by atoms with Gasteiger partial charge in [-0.3, -0.25) is 0 Å². The number of anilines is 1. The van der Waals surface area contributed by atoms with Gasteiger partial charge in [0.1, 0.15) is 22.8 Å². The minimum absolute atomic E-state index is 0.0749. The monoisotopic (exact) mass is 499 g/mol. The van der Waals surface area contributed by atoms with Crippen LogP contribution in [0.3, 0.4) is 0 Å². The van der Waals surface area contributed by atoms with Crippen LogP contribution >= 0.6 is 0 Å². The van der Waals surface area contributed by atoms with E-state index in [0.717, 1.165) is 43.7 Å². The molecule has 2 heterocycles. The van der Waals surface area contributed by atoms with E-state index in [2.05, 4.69) is 43.5 Å². The summed E-state index contributed by atoms with van der Waals surface area (Å²) in [6.07, 6.45) is 5.74. The summed E-state index contributed by atoms with van der Waals surface area (Å²) in [7, 11) is 0. The van der Waals surface area contributed by atoms with E-state index in [-0.39, 0.29) is 17.6 Å². The molecule has 1 fully saturated rings. The van der Waals surface area contributed by atoms with E-state index in [1.54, 1.807) is 12.4 Å². The van der Waals surface area contributed by atoms with Crippen LogP contribution in [0.25, 0.3) is 0 Å². The lowest BCUT2D eigenvalue weighted by Gasteiger charge is -2.43. The minimum atomic E-state index is -0.551. The molecular weight excluding hydrogens is 466 g/mol. The Balaban J connectivity index is 1.31. The van der Waals surface area contributed by atoms with E-state index < -0.39 is 5.60 Å². The Kier molecular flexibility index (Phi) is 6.58. The number of benzene rings is 2. The summed E-state index contributed by atoms with van der Waals surface area (Å²) in [4.78, 5) is 24.2. The molecule has 3 aromatic rings. The first-order valence-corrected chi connectivity index (χ1v) is 12.7. The van der Waals surface area contributed by atoms with Crippen molar-refractivity contribution in [3.8, 4) is 0 Å². The Hall–Kier alpha value is -3.94. The number of alkyl carbamates (subject to hydrolysis) is 1. The molecule has 1 atom stereocenters. The SMILES string of the molecule is CC(C)(C)OC(=O)N[C@@H]1c2ccccc2CC12CCN(c1cnc(/C(=N/O)c3ccccc3)cn1)CC2. The van der Waals surface area contributed by atoms with Crippen molar-refractivity contribution >= 4 is 17.6 Å². The van der Waals surface area contributed by atoms with E-state index in [1.807, 2.05) is 57.2 Å². The van der Waals surface area contributed by atoms with Crippen molar-refractivity contribution in [2.75, 3.05) is 18.0 Å². The van der Waals surface area contributed by atoms with Crippen LogP contribution in [-0.4, -0.2) is 45.7 Å².